The standard InChI is InChI=1S/C47H54Cl2FN5O7S2/c1-27(2)37-26-63-44(52-37)36-22-41(33-14-15-40(61-4)28(3)43(33)51-36)62-32-21-38-39(56)24-47(46(58)53-64(59,60)54-16-10-11-17-54)23-31(47)13-9-7-5-6-8-12-30(45(57)55(38)25-32)18-29-19-34(48)42(49)35(50)20-29/h9,13-15,19-20,22,26-27,30-32,38H,5-8,10-12,16-18,21,23-25H2,1-4H3,(H,53,58)/b13-9-/t30-,31+,32-,38+,47-/m1/s1. The zero-order valence-corrected chi connectivity index (χ0v) is 39.6. The molecule has 1 N–H and O–H groups in total. The second kappa shape index (κ2) is 19.0. The third-order valence-electron chi connectivity index (χ3n) is 13.3. The average Bonchev–Trinajstić information content (AvgIpc) is 3.77. The number of methoxy groups -OCH3 is 1. The zero-order valence-electron chi connectivity index (χ0n) is 36.5. The molecule has 342 valence electrons. The van der Waals surface area contributed by atoms with E-state index in [0.29, 0.717) is 83.9 Å². The molecular weight excluding hydrogens is 901 g/mol. The summed E-state index contributed by atoms with van der Waals surface area (Å²) in [6.07, 6.45) is 8.51. The molecule has 64 heavy (non-hydrogen) atoms. The van der Waals surface area contributed by atoms with E-state index >= 15 is 4.79 Å². The fraction of sp³-hybridized carbons (Fsp3) is 0.511. The number of ketones is 1. The number of nitrogens with zero attached hydrogens (tertiary/aromatic N) is 4. The number of Topliss-reactive ketones (excluding diaryl/α,β-unsaturated/α-hetero) is 1. The summed E-state index contributed by atoms with van der Waals surface area (Å²) in [5, 5.41) is 3.29. The van der Waals surface area contributed by atoms with E-state index < -0.39 is 45.4 Å². The number of pyridine rings is 1. The van der Waals surface area contributed by atoms with Crippen molar-refractivity contribution in [2.24, 2.45) is 17.3 Å². The van der Waals surface area contributed by atoms with Crippen molar-refractivity contribution in [1.29, 1.82) is 0 Å². The molecule has 0 spiro atoms. The van der Waals surface area contributed by atoms with Crippen LogP contribution < -0.4 is 14.2 Å². The van der Waals surface area contributed by atoms with Crippen LogP contribution in [-0.2, 0) is 31.0 Å². The van der Waals surface area contributed by atoms with Crippen molar-refractivity contribution in [3.63, 3.8) is 0 Å². The van der Waals surface area contributed by atoms with E-state index in [1.165, 1.54) is 21.7 Å². The molecule has 1 aliphatic carbocycles. The third kappa shape index (κ3) is 9.56. The molecule has 2 aromatic heterocycles. The Balaban J connectivity index is 1.16. The molecule has 17 heteroatoms. The maximum absolute atomic E-state index is 15.1. The Morgan fingerprint density at radius 1 is 1.06 bits per heavy atom. The van der Waals surface area contributed by atoms with Crippen molar-refractivity contribution in [3.05, 3.63) is 80.5 Å². The first-order valence-electron chi connectivity index (χ1n) is 22.1. The van der Waals surface area contributed by atoms with Gasteiger partial charge < -0.3 is 14.4 Å². The highest BCUT2D eigenvalue weighted by molar-refractivity contribution is 7.87. The van der Waals surface area contributed by atoms with Gasteiger partial charge in [-0.2, -0.15) is 12.7 Å². The number of thiazole rings is 1. The van der Waals surface area contributed by atoms with E-state index in [4.69, 9.17) is 42.6 Å². The van der Waals surface area contributed by atoms with Crippen LogP contribution in [0.5, 0.6) is 11.5 Å². The summed E-state index contributed by atoms with van der Waals surface area (Å²) in [6, 6.07) is 7.44. The fourth-order valence-corrected chi connectivity index (χ4v) is 12.1. The van der Waals surface area contributed by atoms with E-state index in [0.717, 1.165) is 30.5 Å². The highest BCUT2D eigenvalue weighted by Gasteiger charge is 2.61. The maximum Gasteiger partial charge on any atom is 0.303 e. The molecule has 1 saturated carbocycles. The molecule has 4 aromatic rings. The summed E-state index contributed by atoms with van der Waals surface area (Å²) in [7, 11) is -2.52. The first kappa shape index (κ1) is 46.4. The van der Waals surface area contributed by atoms with Crippen LogP contribution in [0, 0.1) is 30.0 Å². The van der Waals surface area contributed by atoms with Crippen LogP contribution >= 0.6 is 34.5 Å². The van der Waals surface area contributed by atoms with Crippen LogP contribution in [0.1, 0.15) is 101 Å². The number of ether oxygens (including phenoxy) is 2. The van der Waals surface area contributed by atoms with Crippen molar-refractivity contribution >= 4 is 73.2 Å². The molecule has 5 atom stereocenters. The summed E-state index contributed by atoms with van der Waals surface area (Å²) in [6.45, 7) is 6.77. The van der Waals surface area contributed by atoms with Crippen molar-refractivity contribution < 1.29 is 36.7 Å². The second-order valence-electron chi connectivity index (χ2n) is 18.0. The lowest BCUT2D eigenvalue weighted by atomic mass is 9.90. The smallest absolute Gasteiger partial charge is 0.303 e. The second-order valence-corrected chi connectivity index (χ2v) is 21.3. The number of halogens is 3. The number of carbonyl (C=O) groups excluding carboxylic acids is 3. The van der Waals surface area contributed by atoms with Gasteiger partial charge in [-0.3, -0.25) is 14.4 Å². The Labute approximate surface area is 388 Å². The molecule has 4 aliphatic rings. The number of amides is 2. The topological polar surface area (TPSA) is 148 Å². The number of carbonyl (C=O) groups is 3. The fourth-order valence-electron chi connectivity index (χ4n) is 9.51. The van der Waals surface area contributed by atoms with Crippen LogP contribution in [0.4, 0.5) is 4.39 Å². The van der Waals surface area contributed by atoms with E-state index in [-0.39, 0.29) is 59.4 Å². The normalized spacial score (nSPS) is 25.2. The predicted molar refractivity (Wildman–Crippen MR) is 247 cm³/mol. The zero-order chi connectivity index (χ0) is 45.5. The van der Waals surface area contributed by atoms with Crippen LogP contribution in [0.2, 0.25) is 10.0 Å². The highest BCUT2D eigenvalue weighted by Crippen LogP contribution is 2.57. The van der Waals surface area contributed by atoms with Gasteiger partial charge >= 0.3 is 10.2 Å². The van der Waals surface area contributed by atoms with E-state index in [1.54, 1.807) is 18.1 Å². The number of rotatable bonds is 10. The van der Waals surface area contributed by atoms with Gasteiger partial charge in [0.25, 0.3) is 0 Å². The molecule has 8 rings (SSSR count). The predicted octanol–water partition coefficient (Wildman–Crippen LogP) is 9.39. The Hall–Kier alpha value is -4.15. The largest absolute Gasteiger partial charge is 0.496 e. The van der Waals surface area contributed by atoms with Crippen molar-refractivity contribution in [1.82, 2.24) is 23.9 Å². The lowest BCUT2D eigenvalue weighted by molar-refractivity contribution is -0.142. The molecule has 2 saturated heterocycles. The third-order valence-corrected chi connectivity index (χ3v) is 16.4. The molecule has 0 bridgehead atoms. The number of aryl methyl sites for hydroxylation is 1. The summed E-state index contributed by atoms with van der Waals surface area (Å²) in [4.78, 5) is 55.7. The Morgan fingerprint density at radius 3 is 2.56 bits per heavy atom. The number of nitrogens with one attached hydrogen (secondary N) is 1. The van der Waals surface area contributed by atoms with Gasteiger partial charge in [0, 0.05) is 54.2 Å². The molecule has 12 nitrogen and oxygen atoms in total. The Kier molecular flexibility index (Phi) is 13.8. The Morgan fingerprint density at radius 2 is 1.84 bits per heavy atom. The van der Waals surface area contributed by atoms with E-state index in [1.807, 2.05) is 42.7 Å². The Bertz CT molecular complexity index is 2580. The van der Waals surface area contributed by atoms with Gasteiger partial charge in [0.05, 0.1) is 46.4 Å². The molecule has 0 unspecified atom stereocenters. The van der Waals surface area contributed by atoms with Crippen LogP contribution in [-0.4, -0.2) is 84.1 Å². The number of hydrogen-bond donors (Lipinski definition) is 1. The SMILES string of the molecule is COc1ccc2c(O[C@@H]3C[C@H]4C(=O)C[C@]5(C(=O)NS(=O)(=O)N6CCCC6)C[C@@H]5/C=C\CCCCC[C@H](Cc5cc(F)c(Cl)c(Cl)c5)C(=O)N4C3)cc(-c3nc(C(C)C)cs3)nc2c1C. The lowest BCUT2D eigenvalue weighted by Gasteiger charge is -2.29. The average molecular weight is 955 g/mol. The van der Waals surface area contributed by atoms with E-state index in [9.17, 15) is 22.4 Å². The minimum absolute atomic E-state index is 0.0417. The quantitative estimate of drug-likeness (QED) is 0.121. The molecule has 5 heterocycles. The van der Waals surface area contributed by atoms with Gasteiger partial charge in [0.1, 0.15) is 34.1 Å². The first-order chi connectivity index (χ1) is 30.6. The van der Waals surface area contributed by atoms with Crippen molar-refractivity contribution in [2.75, 3.05) is 26.7 Å². The maximum atomic E-state index is 15.1. The number of hydrogen-bond acceptors (Lipinski definition) is 10. The molecule has 2 amide bonds. The number of aromatic nitrogens is 2. The minimum atomic E-state index is -4.12. The monoisotopic (exact) mass is 953 g/mol. The van der Waals surface area contributed by atoms with Gasteiger partial charge in [-0.05, 0) is 93.5 Å². The number of fused-ring (bicyclic) bond motifs is 3. The summed E-state index contributed by atoms with van der Waals surface area (Å²) >= 11 is 13.9. The molecule has 3 fully saturated rings. The number of benzene rings is 2. The molecule has 2 aromatic carbocycles. The summed E-state index contributed by atoms with van der Waals surface area (Å²) < 4.78 is 57.8. The minimum Gasteiger partial charge on any atom is -0.496 e. The van der Waals surface area contributed by atoms with Gasteiger partial charge in [-0.15, -0.1) is 11.3 Å². The molecular formula is C47H54Cl2FN5O7S2. The molecule has 0 radical (unpaired) electrons. The first-order valence-corrected chi connectivity index (χ1v) is 25.2. The summed E-state index contributed by atoms with van der Waals surface area (Å²) in [5.74, 6) is -1.69. The van der Waals surface area contributed by atoms with Gasteiger partial charge in [0.2, 0.25) is 11.8 Å². The van der Waals surface area contributed by atoms with Gasteiger partial charge in [-0.25, -0.2) is 19.1 Å². The van der Waals surface area contributed by atoms with E-state index in [2.05, 4.69) is 18.6 Å². The van der Waals surface area contributed by atoms with Gasteiger partial charge in [0.15, 0.2) is 5.78 Å². The summed E-state index contributed by atoms with van der Waals surface area (Å²) in [5.41, 5.74) is 2.21. The highest BCUT2D eigenvalue weighted by atomic mass is 35.5. The lowest BCUT2D eigenvalue weighted by Crippen LogP contribution is -2.48. The van der Waals surface area contributed by atoms with Crippen LogP contribution in [0.3, 0.4) is 0 Å². The van der Waals surface area contributed by atoms with Crippen LogP contribution in [0.15, 0.2) is 47.9 Å². The molecule has 3 aliphatic heterocycles. The van der Waals surface area contributed by atoms with Gasteiger partial charge in [-0.1, -0.05) is 62.0 Å². The van der Waals surface area contributed by atoms with Crippen molar-refractivity contribution in [2.45, 2.75) is 109 Å². The number of allylic oxidation sites excluding steroid dienone is 2. The van der Waals surface area contributed by atoms with Crippen LogP contribution in [0.25, 0.3) is 21.6 Å². The van der Waals surface area contributed by atoms with Crippen molar-refractivity contribution in [3.8, 4) is 22.2 Å².